The molecule has 0 radical (unpaired) electrons. The van der Waals surface area contributed by atoms with E-state index in [0.717, 1.165) is 19.3 Å². The summed E-state index contributed by atoms with van der Waals surface area (Å²) in [6.45, 7) is 2.38. The van der Waals surface area contributed by atoms with Gasteiger partial charge < -0.3 is 15.8 Å². The van der Waals surface area contributed by atoms with E-state index in [1.54, 1.807) is 18.2 Å². The van der Waals surface area contributed by atoms with Crippen LogP contribution in [0.3, 0.4) is 0 Å². The minimum absolute atomic E-state index is 0.00793. The zero-order valence-electron chi connectivity index (χ0n) is 12.9. The maximum Gasteiger partial charge on any atom is 0.250 e. The second-order valence-electron chi connectivity index (χ2n) is 6.32. The molecule has 5 heteroatoms. The fourth-order valence-electron chi connectivity index (χ4n) is 3.66. The third-order valence-electron chi connectivity index (χ3n) is 4.93. The maximum absolute atomic E-state index is 12.4. The number of carbonyl (C=O) groups is 2. The monoisotopic (exact) mass is 302 g/mol. The molecular weight excluding hydrogens is 280 g/mol. The SMILES string of the molecule is CCOc1ccc(NC(=O)C2CC23CCCC3)c(C(N)=O)c1. The molecule has 3 rings (SSSR count). The first-order valence-electron chi connectivity index (χ1n) is 7.93. The first-order valence-corrected chi connectivity index (χ1v) is 7.93. The van der Waals surface area contributed by atoms with Crippen LogP contribution in [-0.2, 0) is 4.79 Å². The van der Waals surface area contributed by atoms with Gasteiger partial charge in [0.15, 0.2) is 0 Å². The molecule has 0 bridgehead atoms. The first kappa shape index (κ1) is 14.9. The minimum Gasteiger partial charge on any atom is -0.494 e. The van der Waals surface area contributed by atoms with Gasteiger partial charge in [-0.05, 0) is 49.8 Å². The van der Waals surface area contributed by atoms with Crippen LogP contribution >= 0.6 is 0 Å². The number of nitrogens with two attached hydrogens (primary N) is 1. The summed E-state index contributed by atoms with van der Waals surface area (Å²) in [5.41, 5.74) is 6.42. The van der Waals surface area contributed by atoms with E-state index < -0.39 is 5.91 Å². The largest absolute Gasteiger partial charge is 0.494 e. The minimum atomic E-state index is -0.566. The van der Waals surface area contributed by atoms with Crippen LogP contribution in [0.2, 0.25) is 0 Å². The van der Waals surface area contributed by atoms with E-state index >= 15 is 0 Å². The molecule has 5 nitrogen and oxygen atoms in total. The van der Waals surface area contributed by atoms with Crippen molar-refractivity contribution in [1.29, 1.82) is 0 Å². The Hall–Kier alpha value is -2.04. The van der Waals surface area contributed by atoms with Gasteiger partial charge in [0.05, 0.1) is 17.9 Å². The molecule has 2 saturated carbocycles. The van der Waals surface area contributed by atoms with E-state index in [4.69, 9.17) is 10.5 Å². The van der Waals surface area contributed by atoms with Gasteiger partial charge in [-0.2, -0.15) is 0 Å². The number of benzene rings is 1. The maximum atomic E-state index is 12.4. The van der Waals surface area contributed by atoms with Gasteiger partial charge in [0.1, 0.15) is 5.75 Å². The molecule has 2 amide bonds. The Morgan fingerprint density at radius 1 is 1.36 bits per heavy atom. The predicted octanol–water partition coefficient (Wildman–Crippen LogP) is 2.70. The lowest BCUT2D eigenvalue weighted by Gasteiger charge is -2.13. The second-order valence-corrected chi connectivity index (χ2v) is 6.32. The summed E-state index contributed by atoms with van der Waals surface area (Å²) >= 11 is 0. The highest BCUT2D eigenvalue weighted by Crippen LogP contribution is 2.63. The Morgan fingerprint density at radius 2 is 2.09 bits per heavy atom. The first-order chi connectivity index (χ1) is 10.6. The highest BCUT2D eigenvalue weighted by molar-refractivity contribution is 6.04. The molecule has 3 N–H and O–H groups in total. The van der Waals surface area contributed by atoms with Crippen molar-refractivity contribution >= 4 is 17.5 Å². The van der Waals surface area contributed by atoms with Crippen LogP contribution in [-0.4, -0.2) is 18.4 Å². The smallest absolute Gasteiger partial charge is 0.250 e. The number of carbonyl (C=O) groups excluding carboxylic acids is 2. The van der Waals surface area contributed by atoms with E-state index in [2.05, 4.69) is 5.32 Å². The zero-order valence-corrected chi connectivity index (χ0v) is 12.9. The number of anilines is 1. The van der Waals surface area contributed by atoms with Crippen LogP contribution < -0.4 is 15.8 Å². The quantitative estimate of drug-likeness (QED) is 0.877. The molecule has 118 valence electrons. The van der Waals surface area contributed by atoms with E-state index in [-0.39, 0.29) is 17.2 Å². The third kappa shape index (κ3) is 2.67. The molecule has 1 unspecified atom stereocenters. The summed E-state index contributed by atoms with van der Waals surface area (Å²) in [4.78, 5) is 24.0. The molecule has 0 saturated heterocycles. The summed E-state index contributed by atoms with van der Waals surface area (Å²) < 4.78 is 5.37. The molecule has 1 aromatic rings. The molecule has 0 aromatic heterocycles. The van der Waals surface area contributed by atoms with Gasteiger partial charge in [-0.25, -0.2) is 0 Å². The summed E-state index contributed by atoms with van der Waals surface area (Å²) in [7, 11) is 0. The topological polar surface area (TPSA) is 81.4 Å². The Morgan fingerprint density at radius 3 is 2.73 bits per heavy atom. The van der Waals surface area contributed by atoms with E-state index in [1.807, 2.05) is 6.92 Å². The third-order valence-corrected chi connectivity index (χ3v) is 4.93. The van der Waals surface area contributed by atoms with Crippen molar-refractivity contribution in [1.82, 2.24) is 0 Å². The van der Waals surface area contributed by atoms with Crippen LogP contribution in [0.15, 0.2) is 18.2 Å². The number of amides is 2. The molecule has 0 aliphatic heterocycles. The van der Waals surface area contributed by atoms with E-state index in [0.29, 0.717) is 23.6 Å². The zero-order chi connectivity index (χ0) is 15.7. The highest BCUT2D eigenvalue weighted by atomic mass is 16.5. The number of nitrogens with one attached hydrogen (secondary N) is 1. The van der Waals surface area contributed by atoms with Crippen LogP contribution in [0.5, 0.6) is 5.75 Å². The molecule has 0 heterocycles. The average molecular weight is 302 g/mol. The number of primary amides is 1. The molecule has 2 aliphatic carbocycles. The van der Waals surface area contributed by atoms with Crippen molar-refractivity contribution in [2.24, 2.45) is 17.1 Å². The van der Waals surface area contributed by atoms with Gasteiger partial charge >= 0.3 is 0 Å². The molecule has 2 aliphatic rings. The van der Waals surface area contributed by atoms with E-state index in [1.165, 1.54) is 12.8 Å². The lowest BCUT2D eigenvalue weighted by molar-refractivity contribution is -0.118. The fourth-order valence-corrected chi connectivity index (χ4v) is 3.66. The summed E-state index contributed by atoms with van der Waals surface area (Å²) in [6, 6.07) is 5.01. The molecule has 1 spiro atoms. The molecule has 1 atom stereocenters. The van der Waals surface area contributed by atoms with Gasteiger partial charge in [0.2, 0.25) is 5.91 Å². The van der Waals surface area contributed by atoms with Crippen LogP contribution in [0.1, 0.15) is 49.4 Å². The Kier molecular flexibility index (Phi) is 3.81. The average Bonchev–Trinajstić information content (AvgIpc) is 2.98. The van der Waals surface area contributed by atoms with Crippen molar-refractivity contribution in [3.63, 3.8) is 0 Å². The fraction of sp³-hybridized carbons (Fsp3) is 0.529. The van der Waals surface area contributed by atoms with E-state index in [9.17, 15) is 9.59 Å². The van der Waals surface area contributed by atoms with Gasteiger partial charge in [-0.15, -0.1) is 0 Å². The predicted molar refractivity (Wildman–Crippen MR) is 83.8 cm³/mol. The number of hydrogen-bond donors (Lipinski definition) is 2. The lowest BCUT2D eigenvalue weighted by Crippen LogP contribution is -2.21. The Bertz CT molecular complexity index is 606. The van der Waals surface area contributed by atoms with Gasteiger partial charge in [-0.3, -0.25) is 9.59 Å². The highest BCUT2D eigenvalue weighted by Gasteiger charge is 2.58. The van der Waals surface area contributed by atoms with Crippen molar-refractivity contribution in [3.8, 4) is 5.75 Å². The summed E-state index contributed by atoms with van der Waals surface area (Å²) in [5, 5.41) is 2.88. The second kappa shape index (κ2) is 5.63. The van der Waals surface area contributed by atoms with Crippen molar-refractivity contribution < 1.29 is 14.3 Å². The molecule has 1 aromatic carbocycles. The Labute approximate surface area is 130 Å². The normalized spacial score (nSPS) is 21.6. The van der Waals surface area contributed by atoms with Crippen molar-refractivity contribution in [2.75, 3.05) is 11.9 Å². The van der Waals surface area contributed by atoms with Gasteiger partial charge in [0, 0.05) is 5.92 Å². The molecule has 2 fully saturated rings. The standard InChI is InChI=1S/C17H22N2O3/c1-2-22-11-5-6-14(12(9-11)15(18)20)19-16(21)13-10-17(13)7-3-4-8-17/h5-6,9,13H,2-4,7-8,10H2,1H3,(H2,18,20)(H,19,21). The molecular formula is C17H22N2O3. The van der Waals surface area contributed by atoms with Gasteiger partial charge in [0.25, 0.3) is 5.91 Å². The number of hydrogen-bond acceptors (Lipinski definition) is 3. The van der Waals surface area contributed by atoms with Crippen molar-refractivity contribution in [2.45, 2.75) is 39.0 Å². The Balaban J connectivity index is 1.74. The lowest BCUT2D eigenvalue weighted by atomic mass is 10.0. The summed E-state index contributed by atoms with van der Waals surface area (Å²) in [6.07, 6.45) is 5.72. The van der Waals surface area contributed by atoms with Crippen LogP contribution in [0.25, 0.3) is 0 Å². The van der Waals surface area contributed by atoms with Crippen LogP contribution in [0, 0.1) is 11.3 Å². The van der Waals surface area contributed by atoms with Crippen molar-refractivity contribution in [3.05, 3.63) is 23.8 Å². The number of rotatable bonds is 5. The number of ether oxygens (including phenoxy) is 1. The molecule has 22 heavy (non-hydrogen) atoms. The summed E-state index contributed by atoms with van der Waals surface area (Å²) in [5.74, 6) is 0.104. The van der Waals surface area contributed by atoms with Gasteiger partial charge in [-0.1, -0.05) is 12.8 Å². The van der Waals surface area contributed by atoms with Crippen LogP contribution in [0.4, 0.5) is 5.69 Å².